The van der Waals surface area contributed by atoms with Crippen molar-refractivity contribution in [3.8, 4) is 67.3 Å². The highest BCUT2D eigenvalue weighted by Gasteiger charge is 2.46. The molecule has 0 atom stereocenters. The Bertz CT molecular complexity index is 3380. The summed E-state index contributed by atoms with van der Waals surface area (Å²) in [7, 11) is 0. The number of fused-ring (bicyclic) bond motifs is 6. The van der Waals surface area contributed by atoms with Gasteiger partial charge in [0.15, 0.2) is 5.82 Å². The van der Waals surface area contributed by atoms with Crippen LogP contribution in [0.2, 0.25) is 0 Å². The molecule has 0 unspecified atom stereocenters. The van der Waals surface area contributed by atoms with Crippen molar-refractivity contribution in [2.75, 3.05) is 0 Å². The quantitative estimate of drug-likeness (QED) is 0.160. The largest absolute Gasteiger partial charge is 0.228 e. The van der Waals surface area contributed by atoms with Crippen molar-refractivity contribution < 1.29 is 0 Å². The fraction of sp³-hybridized carbons (Fsp3) is 0.0169. The van der Waals surface area contributed by atoms with Crippen LogP contribution in [-0.2, 0) is 5.41 Å². The van der Waals surface area contributed by atoms with Gasteiger partial charge in [0.25, 0.3) is 0 Å². The van der Waals surface area contributed by atoms with Crippen molar-refractivity contribution in [1.29, 1.82) is 0 Å². The van der Waals surface area contributed by atoms with E-state index in [1.54, 1.807) is 0 Å². The van der Waals surface area contributed by atoms with Crippen LogP contribution in [0.3, 0.4) is 0 Å². The number of hydrogen-bond donors (Lipinski definition) is 0. The molecule has 62 heavy (non-hydrogen) atoms. The number of aromatic nitrogens is 2. The topological polar surface area (TPSA) is 25.8 Å². The van der Waals surface area contributed by atoms with Crippen LogP contribution in [0, 0.1) is 0 Å². The molecule has 2 heterocycles. The molecule has 11 aromatic rings. The maximum Gasteiger partial charge on any atom is 0.160 e. The van der Waals surface area contributed by atoms with Crippen molar-refractivity contribution in [2.45, 2.75) is 5.41 Å². The SMILES string of the molecule is c1ccc(-c2ccc(-c3cc(-c4ccc(-c5ccc(C6(c7ccc8sc9ccccc9c8c7)c7ccccc7-c7ccccc76)cc5)cc4)nc(-c4ccccc4)n3)cc2)cc1. The lowest BCUT2D eigenvalue weighted by Crippen LogP contribution is -2.28. The van der Waals surface area contributed by atoms with Crippen molar-refractivity contribution in [3.05, 3.63) is 253 Å². The summed E-state index contributed by atoms with van der Waals surface area (Å²) in [6, 6.07) is 83.5. The third-order valence-electron chi connectivity index (χ3n) is 12.6. The third-order valence-corrected chi connectivity index (χ3v) is 13.8. The maximum absolute atomic E-state index is 5.12. The molecule has 2 nitrogen and oxygen atoms in total. The first-order chi connectivity index (χ1) is 30.7. The molecular formula is C59H38N2S. The number of thiophene rings is 1. The summed E-state index contributed by atoms with van der Waals surface area (Å²) in [4.78, 5) is 10.2. The van der Waals surface area contributed by atoms with E-state index >= 15 is 0 Å². The normalized spacial score (nSPS) is 12.6. The second-order valence-corrected chi connectivity index (χ2v) is 17.2. The Hall–Kier alpha value is -7.72. The van der Waals surface area contributed by atoms with Crippen LogP contribution in [0.5, 0.6) is 0 Å². The highest BCUT2D eigenvalue weighted by molar-refractivity contribution is 7.25. The molecule has 2 aromatic heterocycles. The van der Waals surface area contributed by atoms with E-state index in [9.17, 15) is 0 Å². The molecule has 0 bridgehead atoms. The predicted molar refractivity (Wildman–Crippen MR) is 259 cm³/mol. The molecule has 0 saturated heterocycles. The molecule has 0 aliphatic heterocycles. The molecule has 12 rings (SSSR count). The van der Waals surface area contributed by atoms with E-state index in [-0.39, 0.29) is 0 Å². The van der Waals surface area contributed by atoms with E-state index < -0.39 is 5.41 Å². The van der Waals surface area contributed by atoms with Crippen LogP contribution >= 0.6 is 11.3 Å². The summed E-state index contributed by atoms with van der Waals surface area (Å²) < 4.78 is 2.64. The first-order valence-corrected chi connectivity index (χ1v) is 22.0. The predicted octanol–water partition coefficient (Wildman–Crippen LogP) is 15.5. The number of nitrogens with zero attached hydrogens (tertiary/aromatic N) is 2. The molecule has 0 amide bonds. The van der Waals surface area contributed by atoms with E-state index in [1.807, 2.05) is 35.6 Å². The summed E-state index contributed by atoms with van der Waals surface area (Å²) in [5, 5.41) is 2.63. The standard InChI is InChI=1S/C59H38N2S/c1-3-13-39(14-4-1)40-23-27-43(28-24-40)54-38-55(61-58(60-54)45-15-5-2-6-16-45)44-29-25-41(26-30-44)42-31-33-46(34-32-42)59(52-20-10-7-17-48(52)49-18-8-11-21-53(49)59)47-35-36-57-51(37-47)50-19-9-12-22-56(50)62-57/h1-38H. The van der Waals surface area contributed by atoms with E-state index in [4.69, 9.17) is 9.97 Å². The second-order valence-electron chi connectivity index (χ2n) is 16.1. The van der Waals surface area contributed by atoms with Crippen LogP contribution in [0.4, 0.5) is 0 Å². The van der Waals surface area contributed by atoms with Gasteiger partial charge in [-0.25, -0.2) is 9.97 Å². The fourth-order valence-electron chi connectivity index (χ4n) is 9.65. The van der Waals surface area contributed by atoms with Gasteiger partial charge in [0.2, 0.25) is 0 Å². The molecule has 0 saturated carbocycles. The first-order valence-electron chi connectivity index (χ1n) is 21.1. The van der Waals surface area contributed by atoms with Crippen molar-refractivity contribution in [3.63, 3.8) is 0 Å². The Labute approximate surface area is 365 Å². The minimum absolute atomic E-state index is 0.476. The van der Waals surface area contributed by atoms with Gasteiger partial charge in [0, 0.05) is 36.9 Å². The van der Waals surface area contributed by atoms with Gasteiger partial charge in [0.05, 0.1) is 16.8 Å². The van der Waals surface area contributed by atoms with Crippen molar-refractivity contribution >= 4 is 31.5 Å². The van der Waals surface area contributed by atoms with Gasteiger partial charge in [-0.15, -0.1) is 11.3 Å². The molecule has 3 heteroatoms. The molecule has 0 radical (unpaired) electrons. The Morgan fingerprint density at radius 2 is 0.742 bits per heavy atom. The molecule has 0 spiro atoms. The van der Waals surface area contributed by atoms with Crippen LogP contribution < -0.4 is 0 Å². The minimum Gasteiger partial charge on any atom is -0.228 e. The molecule has 1 aliphatic carbocycles. The smallest absolute Gasteiger partial charge is 0.160 e. The van der Waals surface area contributed by atoms with Crippen LogP contribution in [0.25, 0.3) is 87.5 Å². The van der Waals surface area contributed by atoms with Crippen molar-refractivity contribution in [2.24, 2.45) is 0 Å². The van der Waals surface area contributed by atoms with Gasteiger partial charge in [0.1, 0.15) is 0 Å². The van der Waals surface area contributed by atoms with E-state index in [0.717, 1.165) is 33.6 Å². The van der Waals surface area contributed by atoms with Crippen LogP contribution in [-0.4, -0.2) is 9.97 Å². The average Bonchev–Trinajstić information content (AvgIpc) is 3.88. The lowest BCUT2D eigenvalue weighted by Gasteiger charge is -2.34. The highest BCUT2D eigenvalue weighted by Crippen LogP contribution is 2.56. The van der Waals surface area contributed by atoms with Gasteiger partial charge in [-0.05, 0) is 79.9 Å². The maximum atomic E-state index is 5.12. The second kappa shape index (κ2) is 14.8. The lowest BCUT2D eigenvalue weighted by molar-refractivity contribution is 0.770. The Kier molecular flexibility index (Phi) is 8.62. The fourth-order valence-corrected chi connectivity index (χ4v) is 10.7. The van der Waals surface area contributed by atoms with Gasteiger partial charge in [-0.2, -0.15) is 0 Å². The summed E-state index contributed by atoms with van der Waals surface area (Å²) in [6.07, 6.45) is 0. The van der Waals surface area contributed by atoms with Gasteiger partial charge < -0.3 is 0 Å². The zero-order chi connectivity index (χ0) is 41.0. The van der Waals surface area contributed by atoms with E-state index in [2.05, 4.69) is 206 Å². The summed E-state index contributed by atoms with van der Waals surface area (Å²) in [6.45, 7) is 0. The summed E-state index contributed by atoms with van der Waals surface area (Å²) in [5.74, 6) is 0.709. The zero-order valence-corrected chi connectivity index (χ0v) is 34.6. The Morgan fingerprint density at radius 1 is 0.306 bits per heavy atom. The van der Waals surface area contributed by atoms with E-state index in [1.165, 1.54) is 70.2 Å². The number of rotatable bonds is 7. The summed E-state index contributed by atoms with van der Waals surface area (Å²) in [5.41, 5.74) is 16.9. The molecule has 0 fully saturated rings. The van der Waals surface area contributed by atoms with Gasteiger partial charge in [-0.1, -0.05) is 206 Å². The van der Waals surface area contributed by atoms with Crippen LogP contribution in [0.1, 0.15) is 22.3 Å². The molecule has 1 aliphatic rings. The highest BCUT2D eigenvalue weighted by atomic mass is 32.1. The Morgan fingerprint density at radius 3 is 1.34 bits per heavy atom. The average molecular weight is 807 g/mol. The van der Waals surface area contributed by atoms with Gasteiger partial charge >= 0.3 is 0 Å². The zero-order valence-electron chi connectivity index (χ0n) is 33.7. The van der Waals surface area contributed by atoms with Gasteiger partial charge in [-0.3, -0.25) is 0 Å². The molecule has 9 aromatic carbocycles. The molecular weight excluding hydrogens is 769 g/mol. The Balaban J connectivity index is 0.929. The molecule has 0 N–H and O–H groups in total. The number of hydrogen-bond acceptors (Lipinski definition) is 3. The van der Waals surface area contributed by atoms with E-state index in [0.29, 0.717) is 5.82 Å². The summed E-state index contributed by atoms with van der Waals surface area (Å²) >= 11 is 1.87. The monoisotopic (exact) mass is 806 g/mol. The van der Waals surface area contributed by atoms with Crippen molar-refractivity contribution in [1.82, 2.24) is 9.97 Å². The number of benzene rings is 9. The van der Waals surface area contributed by atoms with Crippen LogP contribution in [0.15, 0.2) is 231 Å². The minimum atomic E-state index is -0.476. The third kappa shape index (κ3) is 5.93. The lowest BCUT2D eigenvalue weighted by atomic mass is 9.67. The molecule has 290 valence electrons. The first kappa shape index (κ1) is 36.2.